The topological polar surface area (TPSA) is 38.7 Å². The van der Waals surface area contributed by atoms with Gasteiger partial charge in [0.2, 0.25) is 0 Å². The fourth-order valence-electron chi connectivity index (χ4n) is 4.86. The van der Waals surface area contributed by atoms with Crippen LogP contribution in [0.15, 0.2) is 175 Å². The molecule has 0 spiro atoms. The van der Waals surface area contributed by atoms with Crippen LogP contribution in [0.4, 0.5) is 0 Å². The van der Waals surface area contributed by atoms with E-state index in [1.54, 1.807) is 0 Å². The van der Waals surface area contributed by atoms with Crippen LogP contribution in [0.25, 0.3) is 88.7 Å². The van der Waals surface area contributed by atoms with E-state index in [0.29, 0.717) is 0 Å². The number of nitrogens with zero attached hydrogens (tertiary/aromatic N) is 3. The van der Waals surface area contributed by atoms with Crippen LogP contribution in [0.1, 0.15) is 39.8 Å². The summed E-state index contributed by atoms with van der Waals surface area (Å²) in [6.45, 7) is 0. The zero-order valence-electron chi connectivity index (χ0n) is 52.8. The average Bonchev–Trinajstić information content (AvgIpc) is 3.48. The highest BCUT2D eigenvalue weighted by atomic mass is 15.0. The molecule has 0 aliphatic rings. The Labute approximate surface area is 319 Å². The number of rotatable bonds is 5. The van der Waals surface area contributed by atoms with Crippen LogP contribution in [0.5, 0.6) is 0 Å². The first-order valence-electron chi connectivity index (χ1n) is 28.3. The van der Waals surface area contributed by atoms with Crippen molar-refractivity contribution in [3.8, 4) is 56.4 Å². The van der Waals surface area contributed by atoms with Crippen molar-refractivity contribution < 1.29 is 39.8 Å². The quantitative estimate of drug-likeness (QED) is 0.176. The van der Waals surface area contributed by atoms with Crippen molar-refractivity contribution in [1.29, 1.82) is 0 Å². The second kappa shape index (κ2) is 11.7. The fourth-order valence-corrected chi connectivity index (χ4v) is 4.86. The van der Waals surface area contributed by atoms with Gasteiger partial charge in [0.25, 0.3) is 0 Å². The van der Waals surface area contributed by atoms with Crippen molar-refractivity contribution in [1.82, 2.24) is 15.0 Å². The smallest absolute Gasteiger partial charge is 0.164 e. The first-order chi connectivity index (χ1) is 35.9. The number of hydrogen-bond acceptors (Lipinski definition) is 3. The van der Waals surface area contributed by atoms with E-state index in [-0.39, 0.29) is 0 Å². The number of fused-ring (bicyclic) bond motifs is 6. The summed E-state index contributed by atoms with van der Waals surface area (Å²) in [7, 11) is 0. The molecule has 9 rings (SSSR count). The van der Waals surface area contributed by atoms with Crippen LogP contribution in [-0.2, 0) is 0 Å². The minimum Gasteiger partial charge on any atom is -0.208 e. The Hall–Kier alpha value is -6.45. The zero-order chi connectivity index (χ0) is 57.1. The van der Waals surface area contributed by atoms with Crippen molar-refractivity contribution in [2.45, 2.75) is 0 Å². The lowest BCUT2D eigenvalue weighted by atomic mass is 9.92. The van der Waals surface area contributed by atoms with Crippen LogP contribution in [0.3, 0.4) is 0 Å². The minimum atomic E-state index is -1.09. The van der Waals surface area contributed by atoms with Gasteiger partial charge in [-0.05, 0) is 66.7 Å². The molecule has 0 saturated heterocycles. The molecule has 1 heterocycles. The molecule has 48 heavy (non-hydrogen) atoms. The second-order valence-corrected chi connectivity index (χ2v) is 9.81. The molecule has 0 amide bonds. The third-order valence-corrected chi connectivity index (χ3v) is 6.99. The minimum absolute atomic E-state index is 0.478. The maximum atomic E-state index is 9.71. The van der Waals surface area contributed by atoms with Gasteiger partial charge in [0.1, 0.15) is 0 Å². The molecule has 3 heteroatoms. The van der Waals surface area contributed by atoms with E-state index >= 15 is 0 Å². The molecule has 0 aliphatic carbocycles. The Kier molecular flexibility index (Phi) is 2.70. The highest BCUT2D eigenvalue weighted by Gasteiger charge is 2.14. The molecular weight excluding hydrogens is 583 g/mol. The molecule has 9 aromatic rings. The lowest BCUT2D eigenvalue weighted by Gasteiger charge is -2.13. The molecule has 8 aromatic carbocycles. The number of hydrogen-bond donors (Lipinski definition) is 0. The van der Waals surface area contributed by atoms with E-state index in [1.807, 2.05) is 0 Å². The van der Waals surface area contributed by atoms with Crippen molar-refractivity contribution in [3.05, 3.63) is 175 Å². The normalized spacial score (nSPS) is 19.8. The van der Waals surface area contributed by atoms with Gasteiger partial charge in [-0.1, -0.05) is 163 Å². The lowest BCUT2D eigenvalue weighted by molar-refractivity contribution is 1.07. The summed E-state index contributed by atoms with van der Waals surface area (Å²) in [5.41, 5.74) is -5.79. The van der Waals surface area contributed by atoms with Crippen molar-refractivity contribution >= 4 is 32.3 Å². The molecule has 0 atom stereocenters. The van der Waals surface area contributed by atoms with Gasteiger partial charge in [0, 0.05) is 16.7 Å². The molecule has 1 aromatic heterocycles. The lowest BCUT2D eigenvalue weighted by Crippen LogP contribution is -2.00. The van der Waals surface area contributed by atoms with E-state index in [9.17, 15) is 5.48 Å². The Morgan fingerprint density at radius 2 is 0.604 bits per heavy atom. The Balaban J connectivity index is 1.44. The molecule has 224 valence electrons. The number of benzene rings is 8. The van der Waals surface area contributed by atoms with Crippen LogP contribution >= 0.6 is 0 Å². The summed E-state index contributed by atoms with van der Waals surface area (Å²) in [4.78, 5) is 12.7. The van der Waals surface area contributed by atoms with Gasteiger partial charge in [0.15, 0.2) is 17.5 Å². The van der Waals surface area contributed by atoms with Crippen LogP contribution in [0, 0.1) is 0 Å². The van der Waals surface area contributed by atoms with Gasteiger partial charge in [0.05, 0.1) is 39.8 Å². The Morgan fingerprint density at radius 3 is 1.21 bits per heavy atom. The molecule has 0 unspecified atom stereocenters. The molecule has 0 bridgehead atoms. The molecule has 0 fully saturated rings. The molecular formula is C45H29N3. The Morgan fingerprint density at radius 1 is 0.250 bits per heavy atom. The first kappa shape index (κ1) is 11.1. The summed E-state index contributed by atoms with van der Waals surface area (Å²) >= 11 is 0. The van der Waals surface area contributed by atoms with Crippen molar-refractivity contribution in [2.75, 3.05) is 0 Å². The van der Waals surface area contributed by atoms with Crippen LogP contribution in [-0.4, -0.2) is 15.0 Å². The maximum absolute atomic E-state index is 9.71. The molecule has 0 radical (unpaired) electrons. The van der Waals surface area contributed by atoms with Gasteiger partial charge in [-0.3, -0.25) is 0 Å². The number of aromatic nitrogens is 3. The molecule has 3 nitrogen and oxygen atoms in total. The first-order valence-corrected chi connectivity index (χ1v) is 13.8. The zero-order valence-corrected chi connectivity index (χ0v) is 23.8. The van der Waals surface area contributed by atoms with Crippen LogP contribution in [0.2, 0.25) is 0 Å². The predicted molar refractivity (Wildman–Crippen MR) is 200 cm³/mol. The van der Waals surface area contributed by atoms with E-state index in [2.05, 4.69) is 15.0 Å². The van der Waals surface area contributed by atoms with Gasteiger partial charge in [-0.25, -0.2) is 15.0 Å². The summed E-state index contributed by atoms with van der Waals surface area (Å²) in [6.07, 6.45) is 0. The van der Waals surface area contributed by atoms with E-state index < -0.39 is 264 Å². The monoisotopic (exact) mass is 640 g/mol. The van der Waals surface area contributed by atoms with E-state index in [4.69, 9.17) is 34.3 Å². The largest absolute Gasteiger partial charge is 0.208 e. The summed E-state index contributed by atoms with van der Waals surface area (Å²) in [5.74, 6) is -2.78. The SMILES string of the molecule is [2H]c1c([2H])c([2H])c(-c2nc(-c3c([2H])c([2H])c(-c4c([2H])c([2H])c([2H])c([2H])c4[2H])c([2H])c3[2H])nc(-c3c([2H])c([2H])c([2H])c(-c4c([2H])c([2H])c5c6c([2H])c([2H])c([2H])c([2H])c6c6c([2H])c([2H])c([2H])c([2H])c6c5c4[2H])c3[2H])n2)c([2H])c1[2H]. The molecule has 0 saturated carbocycles. The maximum Gasteiger partial charge on any atom is 0.164 e. The van der Waals surface area contributed by atoms with Gasteiger partial charge in [-0.15, -0.1) is 0 Å². The molecule has 0 aliphatic heterocycles. The average molecular weight is 641 g/mol. The van der Waals surface area contributed by atoms with Gasteiger partial charge >= 0.3 is 0 Å². The third-order valence-electron chi connectivity index (χ3n) is 6.99. The van der Waals surface area contributed by atoms with Gasteiger partial charge < -0.3 is 0 Å². The standard InChI is InChI=1S/C45H29N3/c1-3-12-30(13-4-1)31-22-24-33(25-23-31)44-46-43(32-14-5-2-6-15-32)47-45(48-44)36-17-11-16-34(28-36)35-26-27-41-39-20-8-7-18-37(39)38-19-9-10-21-40(38)42(41)29-35/h1-29H/i1D,2D,3D,4D,5D,6D,7D,8D,9D,10D,11D,12D,13D,14D,15D,16D,17D,18D,19D,20D,21D,22D,23D,24D,25D,26D,27D,28D,29D. The predicted octanol–water partition coefficient (Wildman–Crippen LogP) is 11.7. The summed E-state index contributed by atoms with van der Waals surface area (Å²) in [5, 5.41) is -3.25. The van der Waals surface area contributed by atoms with Crippen LogP contribution < -0.4 is 0 Å². The molecule has 0 N–H and O–H groups in total. The highest BCUT2D eigenvalue weighted by Crippen LogP contribution is 2.37. The van der Waals surface area contributed by atoms with E-state index in [1.165, 1.54) is 0 Å². The van der Waals surface area contributed by atoms with E-state index in [0.717, 1.165) is 0 Å². The summed E-state index contributed by atoms with van der Waals surface area (Å²) in [6, 6.07) is -27.0. The van der Waals surface area contributed by atoms with Crippen molar-refractivity contribution in [3.63, 3.8) is 0 Å². The second-order valence-electron chi connectivity index (χ2n) is 9.81. The fraction of sp³-hybridized carbons (Fsp3) is 0. The highest BCUT2D eigenvalue weighted by molar-refractivity contribution is 6.25. The third kappa shape index (κ3) is 4.99. The van der Waals surface area contributed by atoms with Crippen molar-refractivity contribution in [2.24, 2.45) is 0 Å². The summed E-state index contributed by atoms with van der Waals surface area (Å²) < 4.78 is 255. The Bertz CT molecular complexity index is 4140. The van der Waals surface area contributed by atoms with Gasteiger partial charge in [-0.2, -0.15) is 0 Å².